The molecule has 41 heavy (non-hydrogen) atoms. The Hall–Kier alpha value is -3.20. The van der Waals surface area contributed by atoms with E-state index in [9.17, 15) is 5.11 Å². The number of nitrogens with zero attached hydrogens (tertiary/aromatic N) is 4. The summed E-state index contributed by atoms with van der Waals surface area (Å²) in [6.45, 7) is 6.76. The topological polar surface area (TPSA) is 73.8 Å². The maximum atomic E-state index is 16.4. The number of piperazine rings is 1. The molecule has 216 valence electrons. The van der Waals surface area contributed by atoms with Crippen molar-refractivity contribution >= 4 is 40.0 Å². The SMILES string of the molecule is C/C(=C\C(O)=C/c1ccccc1C)c1c(Cl)cc2c(N3CC4CCC(C3)N4)nc(OC[C@@H]3CCCN3C)nc2c1F. The van der Waals surface area contributed by atoms with Crippen molar-refractivity contribution in [1.29, 1.82) is 0 Å². The van der Waals surface area contributed by atoms with E-state index in [0.717, 1.165) is 56.4 Å². The standard InChI is InChI=1S/C32H37ClFN5O2/c1-19-7-4-5-8-21(19)14-25(40)13-20(2)28-27(33)15-26-30(29(28)34)36-32(41-18-24-9-6-12-38(24)3)37-31(26)39-16-22-10-11-23(17-39)35-22/h4-5,7-8,13-15,22-24,35,40H,6,9-12,16-18H2,1-3H3/b20-13+,25-14+/t22?,23?,24-/m0/s1. The van der Waals surface area contributed by atoms with E-state index in [1.54, 1.807) is 19.1 Å². The number of aromatic nitrogens is 2. The third kappa shape index (κ3) is 5.78. The second-order valence-corrected chi connectivity index (χ2v) is 12.1. The van der Waals surface area contributed by atoms with E-state index >= 15 is 4.39 Å². The van der Waals surface area contributed by atoms with Gasteiger partial charge in [0.05, 0.1) is 5.02 Å². The molecule has 0 radical (unpaired) electrons. The average molecular weight is 578 g/mol. The quantitative estimate of drug-likeness (QED) is 0.258. The van der Waals surface area contributed by atoms with E-state index in [1.807, 2.05) is 31.2 Å². The first-order chi connectivity index (χ1) is 19.8. The van der Waals surface area contributed by atoms with Gasteiger partial charge in [0.1, 0.15) is 23.7 Å². The third-order valence-corrected chi connectivity index (χ3v) is 8.98. The van der Waals surface area contributed by atoms with Crippen LogP contribution < -0.4 is 15.0 Å². The number of ether oxygens (including phenoxy) is 1. The highest BCUT2D eigenvalue weighted by atomic mass is 35.5. The van der Waals surface area contributed by atoms with Crippen molar-refractivity contribution in [2.45, 2.75) is 57.7 Å². The minimum Gasteiger partial charge on any atom is -0.508 e. The molecule has 0 aliphatic carbocycles. The maximum Gasteiger partial charge on any atom is 0.319 e. The summed E-state index contributed by atoms with van der Waals surface area (Å²) in [6, 6.07) is 10.7. The van der Waals surface area contributed by atoms with Crippen LogP contribution in [0.25, 0.3) is 22.6 Å². The van der Waals surface area contributed by atoms with E-state index in [4.69, 9.17) is 21.3 Å². The molecule has 2 N–H and O–H groups in total. The molecule has 3 aliphatic rings. The lowest BCUT2D eigenvalue weighted by Gasteiger charge is -2.34. The van der Waals surface area contributed by atoms with E-state index in [0.29, 0.717) is 35.5 Å². The van der Waals surface area contributed by atoms with Gasteiger partial charge >= 0.3 is 6.01 Å². The number of likely N-dealkylation sites (N-methyl/N-ethyl adjacent to an activating group) is 1. The van der Waals surface area contributed by atoms with Crippen LogP contribution in [0.15, 0.2) is 42.2 Å². The molecular weight excluding hydrogens is 541 g/mol. The van der Waals surface area contributed by atoms with E-state index < -0.39 is 5.82 Å². The number of aryl methyl sites for hydroxylation is 1. The Labute approximate surface area is 245 Å². The molecule has 0 amide bonds. The van der Waals surface area contributed by atoms with Crippen molar-refractivity contribution in [2.75, 3.05) is 38.2 Å². The Kier molecular flexibility index (Phi) is 7.90. The van der Waals surface area contributed by atoms with Crippen molar-refractivity contribution in [2.24, 2.45) is 0 Å². The number of allylic oxidation sites excluding steroid dienone is 2. The number of benzene rings is 2. The molecule has 4 heterocycles. The zero-order valence-corrected chi connectivity index (χ0v) is 24.6. The van der Waals surface area contributed by atoms with Gasteiger partial charge in [0.15, 0.2) is 5.82 Å². The summed E-state index contributed by atoms with van der Waals surface area (Å²) in [5.41, 5.74) is 2.78. The lowest BCUT2D eigenvalue weighted by molar-refractivity contribution is 0.188. The summed E-state index contributed by atoms with van der Waals surface area (Å²) < 4.78 is 22.5. The molecule has 7 nitrogen and oxygen atoms in total. The maximum absolute atomic E-state index is 16.4. The lowest BCUT2D eigenvalue weighted by atomic mass is 10.0. The molecular formula is C32H37ClFN5O2. The Bertz CT molecular complexity index is 1510. The van der Waals surface area contributed by atoms with Crippen LogP contribution in [0, 0.1) is 12.7 Å². The number of anilines is 1. The fourth-order valence-electron chi connectivity index (χ4n) is 6.40. The first-order valence-electron chi connectivity index (χ1n) is 14.5. The van der Waals surface area contributed by atoms with Gasteiger partial charge in [0.2, 0.25) is 0 Å². The van der Waals surface area contributed by atoms with Gasteiger partial charge < -0.3 is 25.0 Å². The number of fused-ring (bicyclic) bond motifs is 3. The van der Waals surface area contributed by atoms with Gasteiger partial charge in [-0.1, -0.05) is 35.9 Å². The largest absolute Gasteiger partial charge is 0.508 e. The predicted molar refractivity (Wildman–Crippen MR) is 163 cm³/mol. The molecule has 3 fully saturated rings. The van der Waals surface area contributed by atoms with Gasteiger partial charge in [-0.25, -0.2) is 4.39 Å². The van der Waals surface area contributed by atoms with Crippen LogP contribution in [0.5, 0.6) is 6.01 Å². The number of halogens is 2. The first kappa shape index (κ1) is 27.9. The molecule has 2 unspecified atom stereocenters. The second-order valence-electron chi connectivity index (χ2n) is 11.7. The fourth-order valence-corrected chi connectivity index (χ4v) is 6.74. The monoisotopic (exact) mass is 577 g/mol. The normalized spacial score (nSPS) is 23.5. The van der Waals surface area contributed by atoms with Crippen molar-refractivity contribution in [3.8, 4) is 6.01 Å². The van der Waals surface area contributed by atoms with E-state index in [1.165, 1.54) is 6.08 Å². The summed E-state index contributed by atoms with van der Waals surface area (Å²) >= 11 is 6.75. The van der Waals surface area contributed by atoms with Crippen LogP contribution >= 0.6 is 11.6 Å². The molecule has 1 aromatic heterocycles. The van der Waals surface area contributed by atoms with Gasteiger partial charge in [-0.2, -0.15) is 9.97 Å². The van der Waals surface area contributed by atoms with Crippen molar-refractivity contribution in [1.82, 2.24) is 20.2 Å². The highest BCUT2D eigenvalue weighted by Crippen LogP contribution is 2.38. The minimum absolute atomic E-state index is 0.0109. The number of aliphatic hydroxyl groups excluding tert-OH is 1. The molecule has 3 aliphatic heterocycles. The summed E-state index contributed by atoms with van der Waals surface area (Å²) in [5, 5.41) is 15.2. The van der Waals surface area contributed by atoms with Crippen LogP contribution in [0.4, 0.5) is 10.2 Å². The zero-order valence-electron chi connectivity index (χ0n) is 23.8. The number of nitrogens with one attached hydrogen (secondary N) is 1. The summed E-state index contributed by atoms with van der Waals surface area (Å²) in [6.07, 6.45) is 7.61. The van der Waals surface area contributed by atoms with Gasteiger partial charge in [-0.3, -0.25) is 0 Å². The molecule has 9 heteroatoms. The van der Waals surface area contributed by atoms with Gasteiger partial charge in [0.25, 0.3) is 0 Å². The molecule has 6 rings (SSSR count). The molecule has 0 spiro atoms. The zero-order chi connectivity index (χ0) is 28.7. The Morgan fingerprint density at radius 2 is 1.95 bits per heavy atom. The van der Waals surface area contributed by atoms with Crippen molar-refractivity contribution in [3.63, 3.8) is 0 Å². The summed E-state index contributed by atoms with van der Waals surface area (Å²) in [4.78, 5) is 13.9. The smallest absolute Gasteiger partial charge is 0.319 e. The Morgan fingerprint density at radius 3 is 2.66 bits per heavy atom. The van der Waals surface area contributed by atoms with Crippen LogP contribution in [0.3, 0.4) is 0 Å². The van der Waals surface area contributed by atoms with Crippen LogP contribution in [0.1, 0.15) is 49.3 Å². The number of hydrogen-bond donors (Lipinski definition) is 2. The van der Waals surface area contributed by atoms with Gasteiger partial charge in [-0.15, -0.1) is 0 Å². The Morgan fingerprint density at radius 1 is 1.20 bits per heavy atom. The Balaban J connectivity index is 1.40. The lowest BCUT2D eigenvalue weighted by Crippen LogP contribution is -2.51. The molecule has 2 bridgehead atoms. The van der Waals surface area contributed by atoms with Gasteiger partial charge in [-0.05, 0) is 88.0 Å². The van der Waals surface area contributed by atoms with Crippen LogP contribution in [0.2, 0.25) is 5.02 Å². The first-order valence-corrected chi connectivity index (χ1v) is 14.8. The summed E-state index contributed by atoms with van der Waals surface area (Å²) in [7, 11) is 2.09. The average Bonchev–Trinajstić information content (AvgIpc) is 3.51. The number of likely N-dealkylation sites (tertiary alicyclic amines) is 1. The van der Waals surface area contributed by atoms with Crippen LogP contribution in [-0.4, -0.2) is 71.4 Å². The second kappa shape index (κ2) is 11.6. The number of hydrogen-bond acceptors (Lipinski definition) is 7. The predicted octanol–water partition coefficient (Wildman–Crippen LogP) is 6.15. The molecule has 3 aromatic rings. The highest BCUT2D eigenvalue weighted by Gasteiger charge is 2.34. The summed E-state index contributed by atoms with van der Waals surface area (Å²) in [5.74, 6) is 0.116. The number of rotatable bonds is 7. The van der Waals surface area contributed by atoms with Crippen LogP contribution in [-0.2, 0) is 0 Å². The van der Waals surface area contributed by atoms with Crippen molar-refractivity contribution in [3.05, 3.63) is 69.7 Å². The van der Waals surface area contributed by atoms with Crippen molar-refractivity contribution < 1.29 is 14.2 Å². The molecule has 2 aromatic carbocycles. The minimum atomic E-state index is -0.547. The highest BCUT2D eigenvalue weighted by molar-refractivity contribution is 6.33. The molecule has 0 saturated carbocycles. The van der Waals surface area contributed by atoms with Gasteiger partial charge in [0, 0.05) is 42.2 Å². The number of aliphatic hydroxyl groups is 1. The third-order valence-electron chi connectivity index (χ3n) is 8.69. The molecule has 3 saturated heterocycles. The van der Waals surface area contributed by atoms with E-state index in [-0.39, 0.29) is 33.9 Å². The van der Waals surface area contributed by atoms with E-state index in [2.05, 4.69) is 27.1 Å². The fraction of sp³-hybridized carbons (Fsp3) is 0.438. The molecule has 3 atom stereocenters.